The van der Waals surface area contributed by atoms with Gasteiger partial charge in [0.2, 0.25) is 17.5 Å². The molecule has 9 nitrogen and oxygen atoms in total. The van der Waals surface area contributed by atoms with Crippen LogP contribution in [0.2, 0.25) is 0 Å². The van der Waals surface area contributed by atoms with Crippen molar-refractivity contribution in [1.29, 1.82) is 15.9 Å². The summed E-state index contributed by atoms with van der Waals surface area (Å²) >= 11 is 0. The van der Waals surface area contributed by atoms with Gasteiger partial charge in [0, 0.05) is 37.6 Å². The lowest BCUT2D eigenvalue weighted by Crippen LogP contribution is -2.34. The smallest absolute Gasteiger partial charge is 0.235 e. The molecule has 0 aliphatic carbocycles. The predicted molar refractivity (Wildman–Crippen MR) is 188 cm³/mol. The number of aromatic nitrogens is 2. The first-order chi connectivity index (χ1) is 23.4. The van der Waals surface area contributed by atoms with Gasteiger partial charge in [-0.1, -0.05) is 74.5 Å². The van der Waals surface area contributed by atoms with E-state index in [1.807, 2.05) is 30.0 Å². The summed E-state index contributed by atoms with van der Waals surface area (Å²) in [5.41, 5.74) is 4.69. The summed E-state index contributed by atoms with van der Waals surface area (Å²) in [6.45, 7) is 7.93. The Labute approximate surface area is 284 Å². The van der Waals surface area contributed by atoms with Gasteiger partial charge < -0.3 is 24.0 Å². The summed E-state index contributed by atoms with van der Waals surface area (Å²) < 4.78 is 12.0. The Bertz CT molecular complexity index is 1700. The van der Waals surface area contributed by atoms with Gasteiger partial charge in [-0.05, 0) is 69.4 Å². The molecule has 0 saturated carbocycles. The van der Waals surface area contributed by atoms with Crippen LogP contribution in [0, 0.1) is 28.1 Å². The van der Waals surface area contributed by atoms with Crippen molar-refractivity contribution in [2.75, 3.05) is 22.9 Å². The summed E-state index contributed by atoms with van der Waals surface area (Å²) in [6.07, 6.45) is 9.39. The second kappa shape index (κ2) is 16.8. The van der Waals surface area contributed by atoms with Crippen LogP contribution in [-0.4, -0.2) is 40.9 Å². The first-order valence-corrected chi connectivity index (χ1v) is 17.3. The number of hydrogen-bond acceptors (Lipinski definition) is 9. The lowest BCUT2D eigenvalue weighted by molar-refractivity contribution is 0.479. The number of aryl methyl sites for hydroxylation is 4. The lowest BCUT2D eigenvalue weighted by Gasteiger charge is -2.24. The summed E-state index contributed by atoms with van der Waals surface area (Å²) in [5.74, 6) is 3.11. The Hall–Kier alpha value is -4.89. The Balaban J connectivity index is 0.000000188. The number of hydrogen-bond donors (Lipinski definition) is 1. The van der Waals surface area contributed by atoms with Crippen LogP contribution < -0.4 is 9.80 Å². The number of anilines is 2. The Morgan fingerprint density at radius 3 is 1.94 bits per heavy atom. The van der Waals surface area contributed by atoms with E-state index in [9.17, 15) is 10.5 Å². The predicted octanol–water partition coefficient (Wildman–Crippen LogP) is 8.20. The van der Waals surface area contributed by atoms with E-state index in [4.69, 9.17) is 19.2 Å². The maximum atomic E-state index is 9.27. The van der Waals surface area contributed by atoms with Crippen LogP contribution in [0.25, 0.3) is 0 Å². The minimum Gasteiger partial charge on any atom is -0.425 e. The SMILES string of the molecule is CC(=N)[C@@H]1CCCN1c1oc(CCCc2ccccc2)nc1C(C)C.N#Cc1nc(CCCc2ccccc2)oc1N1CCC[C@H]1C#N. The van der Waals surface area contributed by atoms with Crippen molar-refractivity contribution in [3.05, 3.63) is 95.0 Å². The summed E-state index contributed by atoms with van der Waals surface area (Å²) in [7, 11) is 0. The van der Waals surface area contributed by atoms with Crippen molar-refractivity contribution in [2.45, 2.75) is 103 Å². The van der Waals surface area contributed by atoms with Crippen LogP contribution in [0.3, 0.4) is 0 Å². The van der Waals surface area contributed by atoms with E-state index in [1.54, 1.807) is 0 Å². The molecule has 0 amide bonds. The average Bonchev–Trinajstić information content (AvgIpc) is 3.91. The highest BCUT2D eigenvalue weighted by atomic mass is 16.4. The van der Waals surface area contributed by atoms with Gasteiger partial charge in [0.15, 0.2) is 11.8 Å². The number of benzene rings is 2. The lowest BCUT2D eigenvalue weighted by atomic mass is 10.1. The highest BCUT2D eigenvalue weighted by Crippen LogP contribution is 2.34. The molecular weight excluding hydrogens is 598 g/mol. The largest absolute Gasteiger partial charge is 0.425 e. The second-order valence-corrected chi connectivity index (χ2v) is 13.0. The molecular formula is C39H47N7O2. The van der Waals surface area contributed by atoms with E-state index in [0.717, 1.165) is 88.3 Å². The average molecular weight is 646 g/mol. The minimum atomic E-state index is -0.216. The molecule has 250 valence electrons. The fourth-order valence-corrected chi connectivity index (χ4v) is 6.57. The van der Waals surface area contributed by atoms with Gasteiger partial charge >= 0.3 is 0 Å². The van der Waals surface area contributed by atoms with E-state index in [2.05, 4.69) is 78.3 Å². The molecule has 2 aromatic heterocycles. The van der Waals surface area contributed by atoms with Crippen molar-refractivity contribution in [1.82, 2.24) is 9.97 Å². The number of nitriles is 2. The van der Waals surface area contributed by atoms with Gasteiger partial charge in [0.25, 0.3) is 0 Å². The maximum Gasteiger partial charge on any atom is 0.235 e. The summed E-state index contributed by atoms with van der Waals surface area (Å²) in [6, 6.07) is 25.1. The van der Waals surface area contributed by atoms with E-state index in [1.165, 1.54) is 11.1 Å². The van der Waals surface area contributed by atoms with Crippen LogP contribution in [-0.2, 0) is 25.7 Å². The van der Waals surface area contributed by atoms with Crippen molar-refractivity contribution in [2.24, 2.45) is 0 Å². The molecule has 4 heterocycles. The molecule has 0 spiro atoms. The molecule has 2 atom stereocenters. The molecule has 2 saturated heterocycles. The van der Waals surface area contributed by atoms with E-state index in [0.29, 0.717) is 35.5 Å². The van der Waals surface area contributed by atoms with E-state index >= 15 is 0 Å². The van der Waals surface area contributed by atoms with Crippen molar-refractivity contribution in [3.63, 3.8) is 0 Å². The molecule has 2 fully saturated rings. The normalized spacial score (nSPS) is 17.2. The van der Waals surface area contributed by atoms with Crippen LogP contribution in [0.5, 0.6) is 0 Å². The first-order valence-electron chi connectivity index (χ1n) is 17.3. The van der Waals surface area contributed by atoms with Gasteiger partial charge in [-0.15, -0.1) is 0 Å². The molecule has 0 radical (unpaired) electrons. The van der Waals surface area contributed by atoms with Crippen LogP contribution in [0.4, 0.5) is 11.8 Å². The zero-order valence-corrected chi connectivity index (χ0v) is 28.5. The molecule has 48 heavy (non-hydrogen) atoms. The molecule has 9 heteroatoms. The third-order valence-electron chi connectivity index (χ3n) is 9.06. The highest BCUT2D eigenvalue weighted by molar-refractivity contribution is 5.87. The molecule has 1 N–H and O–H groups in total. The zero-order chi connectivity index (χ0) is 33.9. The number of oxazole rings is 2. The minimum absolute atomic E-state index is 0.169. The molecule has 2 aliphatic heterocycles. The molecule has 2 aromatic carbocycles. The molecule has 6 rings (SSSR count). The zero-order valence-electron chi connectivity index (χ0n) is 28.5. The van der Waals surface area contributed by atoms with Crippen molar-refractivity contribution in [3.8, 4) is 12.1 Å². The Kier molecular flexibility index (Phi) is 12.0. The molecule has 2 aliphatic rings. The van der Waals surface area contributed by atoms with E-state index < -0.39 is 0 Å². The van der Waals surface area contributed by atoms with Crippen LogP contribution in [0.15, 0.2) is 69.5 Å². The van der Waals surface area contributed by atoms with E-state index in [-0.39, 0.29) is 12.1 Å². The maximum absolute atomic E-state index is 9.27. The van der Waals surface area contributed by atoms with Gasteiger partial charge in [-0.2, -0.15) is 10.5 Å². The number of nitrogens with one attached hydrogen (secondary N) is 1. The van der Waals surface area contributed by atoms with Crippen LogP contribution >= 0.6 is 0 Å². The Morgan fingerprint density at radius 2 is 1.38 bits per heavy atom. The van der Waals surface area contributed by atoms with Crippen LogP contribution in [0.1, 0.15) is 99.5 Å². The van der Waals surface area contributed by atoms with Crippen molar-refractivity contribution >= 4 is 17.5 Å². The second-order valence-electron chi connectivity index (χ2n) is 13.0. The Morgan fingerprint density at radius 1 is 0.812 bits per heavy atom. The topological polar surface area (TPSA) is 130 Å². The fourth-order valence-electron chi connectivity index (χ4n) is 6.57. The third-order valence-corrected chi connectivity index (χ3v) is 9.06. The highest BCUT2D eigenvalue weighted by Gasteiger charge is 2.32. The quantitative estimate of drug-likeness (QED) is 0.153. The third kappa shape index (κ3) is 8.72. The van der Waals surface area contributed by atoms with Gasteiger partial charge in [0.1, 0.15) is 17.8 Å². The number of rotatable bonds is 12. The monoisotopic (exact) mass is 645 g/mol. The van der Waals surface area contributed by atoms with Gasteiger partial charge in [0.05, 0.1) is 12.1 Å². The van der Waals surface area contributed by atoms with Gasteiger partial charge in [-0.25, -0.2) is 9.97 Å². The fraction of sp³-hybridized carbons (Fsp3) is 0.462. The number of nitrogens with zero attached hydrogens (tertiary/aromatic N) is 6. The van der Waals surface area contributed by atoms with Crippen molar-refractivity contribution < 1.29 is 8.83 Å². The summed E-state index contributed by atoms with van der Waals surface area (Å²) in [5, 5.41) is 26.5. The van der Waals surface area contributed by atoms with Gasteiger partial charge in [-0.3, -0.25) is 0 Å². The summed E-state index contributed by atoms with van der Waals surface area (Å²) in [4.78, 5) is 13.2. The molecule has 0 bridgehead atoms. The molecule has 0 unspecified atom stereocenters. The first kappa shape index (κ1) is 34.4. The standard InChI is InChI=1S/C21H29N3O.C18H18N4O/c1-15(2)20-21(24-14-8-12-18(24)16(3)22)25-19(23-20)13-7-11-17-9-5-4-6-10-17;19-12-15-9-5-11-22(15)18-16(13-20)21-17(23-18)10-4-8-14-6-2-1-3-7-14/h4-6,9-10,15,18,22H,7-8,11-14H2,1-3H3;1-3,6-7,15H,4-5,8-11H2/t18-;15-/m00/s1. The molecule has 4 aromatic rings.